The minimum absolute atomic E-state index is 0.0992. The number of ether oxygens (including phenoxy) is 1. The number of likely N-dealkylation sites (N-methyl/N-ethyl adjacent to an activating group) is 1. The van der Waals surface area contributed by atoms with Crippen LogP contribution in [0.1, 0.15) is 33.1 Å². The first-order valence-corrected chi connectivity index (χ1v) is 5.88. The van der Waals surface area contributed by atoms with E-state index in [0.29, 0.717) is 12.8 Å². The Labute approximate surface area is 98.8 Å². The molecule has 0 aromatic rings. The van der Waals surface area contributed by atoms with Gasteiger partial charge in [-0.25, -0.2) is 0 Å². The van der Waals surface area contributed by atoms with E-state index in [1.54, 1.807) is 6.92 Å². The summed E-state index contributed by atoms with van der Waals surface area (Å²) in [4.78, 5) is 11.1. The number of nitrogens with zero attached hydrogens (tertiary/aromatic N) is 1. The molecule has 0 spiro atoms. The summed E-state index contributed by atoms with van der Waals surface area (Å²) in [5, 5.41) is 9.59. The van der Waals surface area contributed by atoms with Crippen LogP contribution in [0.5, 0.6) is 0 Å². The Morgan fingerprint density at radius 1 is 1.38 bits per heavy atom. The lowest BCUT2D eigenvalue weighted by Gasteiger charge is -2.30. The third-order valence-electron chi connectivity index (χ3n) is 2.15. The Morgan fingerprint density at radius 3 is 2.31 bits per heavy atom. The molecule has 0 aromatic heterocycles. The highest BCUT2D eigenvalue weighted by atomic mass is 16.6. The molecule has 2 unspecified atom stereocenters. The number of aliphatic hydroxyl groups is 1. The smallest absolute Gasteiger partial charge is 0.155 e. The van der Waals surface area contributed by atoms with Crippen molar-refractivity contribution in [3.8, 4) is 0 Å². The molecule has 0 radical (unpaired) electrons. The molecule has 0 fully saturated rings. The maximum absolute atomic E-state index is 11.1. The number of Topliss-reactive ketones (excluding diaryl/α,β-unsaturated/α-hetero) is 1. The maximum atomic E-state index is 11.1. The van der Waals surface area contributed by atoms with Gasteiger partial charge in [-0.2, -0.15) is 0 Å². The fraction of sp³-hybridized carbons (Fsp3) is 0.917. The van der Waals surface area contributed by atoms with Crippen LogP contribution < -0.4 is 0 Å². The molecule has 1 N–H and O–H groups in total. The van der Waals surface area contributed by atoms with E-state index in [4.69, 9.17) is 4.74 Å². The maximum Gasteiger partial charge on any atom is 0.155 e. The summed E-state index contributed by atoms with van der Waals surface area (Å²) in [7, 11) is 6.13. The molecule has 16 heavy (non-hydrogen) atoms. The molecule has 0 saturated heterocycles. The molecule has 0 aliphatic rings. The number of aliphatic hydroxyl groups excluding tert-OH is 1. The minimum atomic E-state index is -0.749. The van der Waals surface area contributed by atoms with E-state index in [2.05, 4.69) is 0 Å². The van der Waals surface area contributed by atoms with Gasteiger partial charge in [0.15, 0.2) is 6.29 Å². The third kappa shape index (κ3) is 8.83. The molecule has 0 aromatic carbocycles. The summed E-state index contributed by atoms with van der Waals surface area (Å²) in [5.41, 5.74) is 0. The summed E-state index contributed by atoms with van der Waals surface area (Å²) in [5.74, 6) is 0.0992. The molecule has 0 rings (SSSR count). The number of hydrogen-bond donors (Lipinski definition) is 1. The Hall–Kier alpha value is -0.450. The Morgan fingerprint density at radius 2 is 1.94 bits per heavy atom. The average Bonchev–Trinajstić information content (AvgIpc) is 1.98. The quantitative estimate of drug-likeness (QED) is 0.505. The van der Waals surface area contributed by atoms with E-state index in [-0.39, 0.29) is 11.9 Å². The van der Waals surface area contributed by atoms with Crippen molar-refractivity contribution in [3.63, 3.8) is 0 Å². The van der Waals surface area contributed by atoms with Crippen LogP contribution in [0.15, 0.2) is 0 Å². The highest BCUT2D eigenvalue weighted by Gasteiger charge is 2.22. The zero-order valence-corrected chi connectivity index (χ0v) is 11.2. The van der Waals surface area contributed by atoms with Crippen molar-refractivity contribution in [1.29, 1.82) is 0 Å². The van der Waals surface area contributed by atoms with E-state index in [0.717, 1.165) is 17.4 Å². The van der Waals surface area contributed by atoms with E-state index >= 15 is 0 Å². The number of hydrogen-bond acceptors (Lipinski definition) is 3. The van der Waals surface area contributed by atoms with Gasteiger partial charge in [-0.15, -0.1) is 0 Å². The summed E-state index contributed by atoms with van der Waals surface area (Å²) in [6.45, 7) is 4.27. The summed E-state index contributed by atoms with van der Waals surface area (Å²) in [6, 6.07) is 0. The fourth-order valence-electron chi connectivity index (χ4n) is 1.62. The predicted octanol–water partition coefficient (Wildman–Crippen LogP) is 1.18. The summed E-state index contributed by atoms with van der Waals surface area (Å²) >= 11 is 0. The molecular formula is C12H26NO3+. The fourth-order valence-corrected chi connectivity index (χ4v) is 1.62. The van der Waals surface area contributed by atoms with Crippen molar-refractivity contribution in [1.82, 2.24) is 0 Å². The van der Waals surface area contributed by atoms with Gasteiger partial charge in [0.05, 0.1) is 21.1 Å². The largest absolute Gasteiger partial charge is 0.368 e. The standard InChI is InChI=1S/C12H26NO3/c1-6-7-12(15)16-11(8-10(2)14)9-13(3,4)5/h11-12,15H,6-9H2,1-5H3/q+1. The van der Waals surface area contributed by atoms with Crippen molar-refractivity contribution >= 4 is 5.78 Å². The van der Waals surface area contributed by atoms with Gasteiger partial charge in [0.1, 0.15) is 18.4 Å². The molecule has 0 aliphatic heterocycles. The van der Waals surface area contributed by atoms with Crippen LogP contribution in [0, 0.1) is 0 Å². The highest BCUT2D eigenvalue weighted by Crippen LogP contribution is 2.10. The Bertz CT molecular complexity index is 211. The molecule has 4 heteroatoms. The van der Waals surface area contributed by atoms with Crippen molar-refractivity contribution in [2.24, 2.45) is 0 Å². The number of quaternary nitrogens is 1. The normalized spacial score (nSPS) is 15.9. The van der Waals surface area contributed by atoms with E-state index in [9.17, 15) is 9.90 Å². The first kappa shape index (κ1) is 15.6. The third-order valence-corrected chi connectivity index (χ3v) is 2.15. The van der Waals surface area contributed by atoms with E-state index < -0.39 is 6.29 Å². The van der Waals surface area contributed by atoms with Crippen LogP contribution >= 0.6 is 0 Å². The lowest BCUT2D eigenvalue weighted by atomic mass is 10.1. The van der Waals surface area contributed by atoms with Crippen molar-refractivity contribution < 1.29 is 19.1 Å². The zero-order chi connectivity index (χ0) is 12.8. The minimum Gasteiger partial charge on any atom is -0.368 e. The van der Waals surface area contributed by atoms with Crippen LogP contribution in [-0.2, 0) is 9.53 Å². The molecule has 2 atom stereocenters. The van der Waals surface area contributed by atoms with Gasteiger partial charge in [-0.1, -0.05) is 13.3 Å². The van der Waals surface area contributed by atoms with Gasteiger partial charge in [-0.3, -0.25) is 4.79 Å². The van der Waals surface area contributed by atoms with Crippen LogP contribution in [0.2, 0.25) is 0 Å². The predicted molar refractivity (Wildman–Crippen MR) is 64.0 cm³/mol. The number of ketones is 1. The van der Waals surface area contributed by atoms with Crippen molar-refractivity contribution in [3.05, 3.63) is 0 Å². The van der Waals surface area contributed by atoms with Crippen molar-refractivity contribution in [2.45, 2.75) is 45.5 Å². The van der Waals surface area contributed by atoms with E-state index in [1.807, 2.05) is 28.1 Å². The van der Waals surface area contributed by atoms with Crippen LogP contribution in [0.3, 0.4) is 0 Å². The van der Waals surface area contributed by atoms with Crippen LogP contribution in [0.4, 0.5) is 0 Å². The lowest BCUT2D eigenvalue weighted by molar-refractivity contribution is -0.873. The summed E-state index contributed by atoms with van der Waals surface area (Å²) < 4.78 is 6.22. The zero-order valence-electron chi connectivity index (χ0n) is 11.2. The molecule has 0 bridgehead atoms. The Kier molecular flexibility index (Phi) is 6.79. The molecule has 96 valence electrons. The second-order valence-corrected chi connectivity index (χ2v) is 5.38. The Balaban J connectivity index is 4.25. The van der Waals surface area contributed by atoms with Gasteiger partial charge >= 0.3 is 0 Å². The lowest BCUT2D eigenvalue weighted by Crippen LogP contribution is -2.44. The first-order chi connectivity index (χ1) is 7.24. The molecule has 0 heterocycles. The van der Waals surface area contributed by atoms with Gasteiger partial charge in [0.25, 0.3) is 0 Å². The highest BCUT2D eigenvalue weighted by molar-refractivity contribution is 5.75. The topological polar surface area (TPSA) is 46.5 Å². The van der Waals surface area contributed by atoms with Gasteiger partial charge in [0, 0.05) is 6.42 Å². The van der Waals surface area contributed by atoms with Gasteiger partial charge in [0.2, 0.25) is 0 Å². The van der Waals surface area contributed by atoms with E-state index in [1.165, 1.54) is 0 Å². The number of carbonyl (C=O) groups excluding carboxylic acids is 1. The van der Waals surface area contributed by atoms with Crippen LogP contribution in [0.25, 0.3) is 0 Å². The SMILES string of the molecule is CCCC(O)OC(CC(C)=O)C[N+](C)(C)C. The monoisotopic (exact) mass is 232 g/mol. The molecule has 0 amide bonds. The van der Waals surface area contributed by atoms with Crippen molar-refractivity contribution in [2.75, 3.05) is 27.7 Å². The number of carbonyl (C=O) groups is 1. The average molecular weight is 232 g/mol. The molecular weight excluding hydrogens is 206 g/mol. The summed E-state index contributed by atoms with van der Waals surface area (Å²) in [6.07, 6.45) is 0.917. The van der Waals surface area contributed by atoms with Crippen LogP contribution in [-0.4, -0.2) is 55.5 Å². The second kappa shape index (κ2) is 6.99. The molecule has 4 nitrogen and oxygen atoms in total. The molecule has 0 aliphatic carbocycles. The number of rotatable bonds is 8. The van der Waals surface area contributed by atoms with Gasteiger partial charge < -0.3 is 14.3 Å². The molecule has 0 saturated carbocycles. The second-order valence-electron chi connectivity index (χ2n) is 5.38. The van der Waals surface area contributed by atoms with Gasteiger partial charge in [-0.05, 0) is 13.3 Å². The first-order valence-electron chi connectivity index (χ1n) is 5.88.